The number of carbonyl (C=O) groups is 2. The molecule has 2 amide bonds. The number of amides is 2. The van der Waals surface area contributed by atoms with Gasteiger partial charge >= 0.3 is 0 Å². The minimum Gasteiger partial charge on any atom is -0.497 e. The average Bonchev–Trinajstić information content (AvgIpc) is 2.61. The summed E-state index contributed by atoms with van der Waals surface area (Å²) in [6.45, 7) is 1.63. The first-order chi connectivity index (χ1) is 11.6. The summed E-state index contributed by atoms with van der Waals surface area (Å²) >= 11 is 0. The minimum absolute atomic E-state index is 0.290. The van der Waals surface area contributed by atoms with Crippen molar-refractivity contribution in [1.82, 2.24) is 5.32 Å². The highest BCUT2D eigenvalue weighted by atomic mass is 16.5. The van der Waals surface area contributed by atoms with Gasteiger partial charge < -0.3 is 15.4 Å². The van der Waals surface area contributed by atoms with Crippen LogP contribution in [0.1, 0.15) is 12.5 Å². The fraction of sp³-hybridized carbons (Fsp3) is 0.158. The Bertz CT molecular complexity index is 709. The van der Waals surface area contributed by atoms with E-state index in [1.54, 1.807) is 44.4 Å². The number of hydrogen-bond acceptors (Lipinski definition) is 3. The molecule has 0 aliphatic rings. The highest BCUT2D eigenvalue weighted by Crippen LogP contribution is 2.15. The molecule has 2 rings (SSSR count). The van der Waals surface area contributed by atoms with Gasteiger partial charge in [0.15, 0.2) is 0 Å². The van der Waals surface area contributed by atoms with Crippen LogP contribution in [0, 0.1) is 0 Å². The summed E-state index contributed by atoms with van der Waals surface area (Å²) in [7, 11) is 1.58. The van der Waals surface area contributed by atoms with Gasteiger partial charge in [-0.25, -0.2) is 0 Å². The predicted octanol–water partition coefficient (Wildman–Crippen LogP) is 2.85. The number of ether oxygens (including phenoxy) is 1. The summed E-state index contributed by atoms with van der Waals surface area (Å²) in [5, 5.41) is 5.37. The molecule has 0 saturated heterocycles. The molecule has 5 nitrogen and oxygen atoms in total. The maximum Gasteiger partial charge on any atom is 0.246 e. The van der Waals surface area contributed by atoms with Crippen LogP contribution >= 0.6 is 0 Å². The van der Waals surface area contributed by atoms with E-state index in [9.17, 15) is 9.59 Å². The second-order valence-electron chi connectivity index (χ2n) is 5.19. The molecular weight excluding hydrogens is 304 g/mol. The Morgan fingerprint density at radius 2 is 1.71 bits per heavy atom. The highest BCUT2D eigenvalue weighted by Gasteiger charge is 2.14. The lowest BCUT2D eigenvalue weighted by atomic mass is 10.2. The molecule has 0 saturated carbocycles. The Morgan fingerprint density at radius 1 is 1.04 bits per heavy atom. The molecule has 24 heavy (non-hydrogen) atoms. The third kappa shape index (κ3) is 5.28. The molecule has 1 atom stereocenters. The number of benzene rings is 2. The van der Waals surface area contributed by atoms with Crippen LogP contribution in [0.4, 0.5) is 5.69 Å². The predicted molar refractivity (Wildman–Crippen MR) is 94.7 cm³/mol. The fourth-order valence-electron chi connectivity index (χ4n) is 1.99. The molecule has 2 aromatic rings. The number of rotatable bonds is 6. The van der Waals surface area contributed by atoms with Crippen LogP contribution in [0.2, 0.25) is 0 Å². The summed E-state index contributed by atoms with van der Waals surface area (Å²) in [6, 6.07) is 15.8. The van der Waals surface area contributed by atoms with Gasteiger partial charge in [-0.3, -0.25) is 9.59 Å². The van der Waals surface area contributed by atoms with E-state index < -0.39 is 6.04 Å². The molecule has 0 spiro atoms. The molecule has 124 valence electrons. The first kappa shape index (κ1) is 17.3. The van der Waals surface area contributed by atoms with Crippen molar-refractivity contribution in [2.24, 2.45) is 0 Å². The summed E-state index contributed by atoms with van der Waals surface area (Å²) in [4.78, 5) is 24.0. The monoisotopic (exact) mass is 324 g/mol. The molecule has 0 aliphatic heterocycles. The molecule has 0 aromatic heterocycles. The summed E-state index contributed by atoms with van der Waals surface area (Å²) in [6.07, 6.45) is 3.11. The number of methoxy groups -OCH3 is 1. The van der Waals surface area contributed by atoms with E-state index in [-0.39, 0.29) is 11.8 Å². The van der Waals surface area contributed by atoms with Crippen molar-refractivity contribution >= 4 is 23.6 Å². The van der Waals surface area contributed by atoms with E-state index in [1.165, 1.54) is 6.08 Å². The maximum absolute atomic E-state index is 12.1. The van der Waals surface area contributed by atoms with Gasteiger partial charge in [0.1, 0.15) is 11.8 Å². The van der Waals surface area contributed by atoms with Crippen LogP contribution in [0.15, 0.2) is 60.7 Å². The summed E-state index contributed by atoms with van der Waals surface area (Å²) in [5.74, 6) is 0.0956. The number of hydrogen-bond donors (Lipinski definition) is 2. The number of anilines is 1. The van der Waals surface area contributed by atoms with E-state index in [2.05, 4.69) is 10.6 Å². The molecule has 0 aliphatic carbocycles. The molecule has 2 N–H and O–H groups in total. The second kappa shape index (κ2) is 8.53. The van der Waals surface area contributed by atoms with E-state index in [1.807, 2.05) is 30.3 Å². The second-order valence-corrected chi connectivity index (χ2v) is 5.19. The highest BCUT2D eigenvalue weighted by molar-refractivity contribution is 5.99. The van der Waals surface area contributed by atoms with Gasteiger partial charge in [0.05, 0.1) is 7.11 Å². The lowest BCUT2D eigenvalue weighted by Crippen LogP contribution is -2.40. The van der Waals surface area contributed by atoms with Gasteiger partial charge in [-0.2, -0.15) is 0 Å². The van der Waals surface area contributed by atoms with Crippen molar-refractivity contribution in [3.8, 4) is 5.75 Å². The maximum atomic E-state index is 12.1. The van der Waals surface area contributed by atoms with Crippen LogP contribution in [-0.4, -0.2) is 25.0 Å². The zero-order valence-electron chi connectivity index (χ0n) is 13.7. The van der Waals surface area contributed by atoms with Crippen LogP contribution in [0.3, 0.4) is 0 Å². The molecular formula is C19H20N2O3. The smallest absolute Gasteiger partial charge is 0.246 e. The molecule has 0 heterocycles. The number of carbonyl (C=O) groups excluding carboxylic acids is 2. The average molecular weight is 324 g/mol. The Morgan fingerprint density at radius 3 is 2.33 bits per heavy atom. The Balaban J connectivity index is 1.86. The molecule has 0 radical (unpaired) electrons. The molecule has 0 fully saturated rings. The standard InChI is InChI=1S/C19H20N2O3/c1-14(19(23)21-16-9-11-17(24-2)12-10-16)20-18(22)13-8-15-6-4-3-5-7-15/h3-14H,1-2H3,(H,20,22)(H,21,23)/b13-8+. The molecule has 5 heteroatoms. The molecule has 2 aromatic carbocycles. The van der Waals surface area contributed by atoms with Gasteiger partial charge in [0.25, 0.3) is 0 Å². The van der Waals surface area contributed by atoms with Crippen molar-refractivity contribution in [2.75, 3.05) is 12.4 Å². The fourth-order valence-corrected chi connectivity index (χ4v) is 1.99. The SMILES string of the molecule is COc1ccc(NC(=O)C(C)NC(=O)/C=C/c2ccccc2)cc1. The lowest BCUT2D eigenvalue weighted by molar-refractivity contribution is -0.123. The van der Waals surface area contributed by atoms with Crippen molar-refractivity contribution in [2.45, 2.75) is 13.0 Å². The third-order valence-corrected chi connectivity index (χ3v) is 3.34. The van der Waals surface area contributed by atoms with E-state index in [4.69, 9.17) is 4.74 Å². The van der Waals surface area contributed by atoms with Gasteiger partial charge in [0, 0.05) is 11.8 Å². The van der Waals surface area contributed by atoms with Crippen LogP contribution in [0.5, 0.6) is 5.75 Å². The van der Waals surface area contributed by atoms with Crippen molar-refractivity contribution in [3.63, 3.8) is 0 Å². The minimum atomic E-state index is -0.653. The zero-order chi connectivity index (χ0) is 17.4. The quantitative estimate of drug-likeness (QED) is 0.803. The van der Waals surface area contributed by atoms with Crippen LogP contribution < -0.4 is 15.4 Å². The zero-order valence-corrected chi connectivity index (χ0v) is 13.7. The normalized spacial score (nSPS) is 11.8. The van der Waals surface area contributed by atoms with E-state index >= 15 is 0 Å². The Kier molecular flexibility index (Phi) is 6.14. The van der Waals surface area contributed by atoms with Gasteiger partial charge in [-0.15, -0.1) is 0 Å². The third-order valence-electron chi connectivity index (χ3n) is 3.34. The summed E-state index contributed by atoms with van der Waals surface area (Å²) < 4.78 is 5.06. The van der Waals surface area contributed by atoms with Crippen molar-refractivity contribution in [1.29, 1.82) is 0 Å². The van der Waals surface area contributed by atoms with Crippen molar-refractivity contribution < 1.29 is 14.3 Å². The van der Waals surface area contributed by atoms with E-state index in [0.29, 0.717) is 11.4 Å². The Hall–Kier alpha value is -3.08. The topological polar surface area (TPSA) is 67.4 Å². The van der Waals surface area contributed by atoms with Gasteiger partial charge in [0.2, 0.25) is 11.8 Å². The van der Waals surface area contributed by atoms with E-state index in [0.717, 1.165) is 5.56 Å². The first-order valence-corrected chi connectivity index (χ1v) is 7.57. The van der Waals surface area contributed by atoms with Gasteiger partial charge in [-0.05, 0) is 42.8 Å². The van der Waals surface area contributed by atoms with Crippen LogP contribution in [0.25, 0.3) is 6.08 Å². The van der Waals surface area contributed by atoms with Crippen molar-refractivity contribution in [3.05, 3.63) is 66.2 Å². The largest absolute Gasteiger partial charge is 0.497 e. The Labute approximate surface area is 141 Å². The summed E-state index contributed by atoms with van der Waals surface area (Å²) in [5.41, 5.74) is 1.56. The molecule has 0 bridgehead atoms. The first-order valence-electron chi connectivity index (χ1n) is 7.57. The number of nitrogens with one attached hydrogen (secondary N) is 2. The lowest BCUT2D eigenvalue weighted by Gasteiger charge is -2.13. The van der Waals surface area contributed by atoms with Gasteiger partial charge in [-0.1, -0.05) is 30.3 Å². The molecule has 1 unspecified atom stereocenters. The van der Waals surface area contributed by atoms with Crippen LogP contribution in [-0.2, 0) is 9.59 Å².